The van der Waals surface area contributed by atoms with Gasteiger partial charge >= 0.3 is 0 Å². The summed E-state index contributed by atoms with van der Waals surface area (Å²) in [6.07, 6.45) is 0.531. The van der Waals surface area contributed by atoms with Crippen LogP contribution in [-0.4, -0.2) is 31.2 Å². The van der Waals surface area contributed by atoms with Crippen LogP contribution in [0.3, 0.4) is 0 Å². The van der Waals surface area contributed by atoms with Crippen molar-refractivity contribution in [2.75, 3.05) is 23.0 Å². The summed E-state index contributed by atoms with van der Waals surface area (Å²) in [7, 11) is 1.70. The number of ketones is 1. The zero-order valence-electron chi connectivity index (χ0n) is 10.7. The third kappa shape index (κ3) is 3.78. The molecule has 0 heterocycles. The molecule has 1 unspecified atom stereocenters. The zero-order valence-corrected chi connectivity index (χ0v) is 10.7. The molecule has 0 aromatic heterocycles. The van der Waals surface area contributed by atoms with E-state index in [1.54, 1.807) is 25.2 Å². The summed E-state index contributed by atoms with van der Waals surface area (Å²) in [5, 5.41) is 7.89. The lowest BCUT2D eigenvalue weighted by Crippen LogP contribution is -2.41. The van der Waals surface area contributed by atoms with Gasteiger partial charge in [-0.25, -0.2) is 0 Å². The molecule has 1 aromatic rings. The van der Waals surface area contributed by atoms with Gasteiger partial charge in [0.2, 0.25) is 12.3 Å². The molecule has 1 rings (SSSR count). The minimum absolute atomic E-state index is 0.421. The van der Waals surface area contributed by atoms with E-state index >= 15 is 0 Å². The number of rotatable bonds is 6. The fraction of sp³-hybridized carbons (Fsp3) is 0.250. The fourth-order valence-corrected chi connectivity index (χ4v) is 1.43. The Balaban J connectivity index is 2.90. The third-order valence-electron chi connectivity index (χ3n) is 2.49. The molecule has 7 heteroatoms. The number of carbonyl (C=O) groups is 3. The van der Waals surface area contributed by atoms with E-state index in [4.69, 9.17) is 5.73 Å². The van der Waals surface area contributed by atoms with Gasteiger partial charge in [-0.3, -0.25) is 14.4 Å². The molecule has 0 fully saturated rings. The highest BCUT2D eigenvalue weighted by atomic mass is 16.2. The Morgan fingerprint density at radius 2 is 2.00 bits per heavy atom. The van der Waals surface area contributed by atoms with Crippen LogP contribution in [0.1, 0.15) is 6.92 Å². The molecule has 1 aromatic carbocycles. The SMILES string of the molecule is CNc1ccc(NC(=O)C(N)C(C)=O)cc1NC=O. The van der Waals surface area contributed by atoms with Crippen LogP contribution >= 0.6 is 0 Å². The van der Waals surface area contributed by atoms with Crippen LogP contribution in [0.2, 0.25) is 0 Å². The van der Waals surface area contributed by atoms with Crippen LogP contribution in [0, 0.1) is 0 Å². The second-order valence-corrected chi connectivity index (χ2v) is 3.85. The summed E-state index contributed by atoms with van der Waals surface area (Å²) >= 11 is 0. The highest BCUT2D eigenvalue weighted by molar-refractivity contribution is 6.10. The molecule has 102 valence electrons. The molecule has 0 saturated carbocycles. The molecular weight excluding hydrogens is 248 g/mol. The molecule has 5 N–H and O–H groups in total. The minimum atomic E-state index is -1.20. The highest BCUT2D eigenvalue weighted by Gasteiger charge is 2.18. The average molecular weight is 264 g/mol. The second-order valence-electron chi connectivity index (χ2n) is 3.85. The van der Waals surface area contributed by atoms with Crippen molar-refractivity contribution in [1.82, 2.24) is 0 Å². The first-order valence-corrected chi connectivity index (χ1v) is 5.58. The summed E-state index contributed by atoms with van der Waals surface area (Å²) in [5.41, 5.74) is 7.05. The molecule has 1 atom stereocenters. The molecular formula is C12H16N4O3. The van der Waals surface area contributed by atoms with Crippen molar-refractivity contribution >= 4 is 35.2 Å². The van der Waals surface area contributed by atoms with E-state index in [-0.39, 0.29) is 0 Å². The topological polar surface area (TPSA) is 113 Å². The van der Waals surface area contributed by atoms with Crippen molar-refractivity contribution in [3.8, 4) is 0 Å². The number of nitrogens with two attached hydrogens (primary N) is 1. The predicted octanol–water partition coefficient (Wildman–Crippen LogP) is 0.151. The van der Waals surface area contributed by atoms with Gasteiger partial charge in [-0.15, -0.1) is 0 Å². The maximum atomic E-state index is 11.6. The molecule has 2 amide bonds. The number of hydrogen-bond acceptors (Lipinski definition) is 5. The van der Waals surface area contributed by atoms with E-state index in [1.807, 2.05) is 0 Å². The van der Waals surface area contributed by atoms with E-state index in [9.17, 15) is 14.4 Å². The van der Waals surface area contributed by atoms with Crippen LogP contribution in [-0.2, 0) is 14.4 Å². The van der Waals surface area contributed by atoms with Crippen molar-refractivity contribution in [3.63, 3.8) is 0 Å². The van der Waals surface area contributed by atoms with E-state index in [0.29, 0.717) is 23.5 Å². The Morgan fingerprint density at radius 3 is 2.53 bits per heavy atom. The standard InChI is InChI=1S/C12H16N4O3/c1-7(18)11(13)12(19)16-8-3-4-9(14-2)10(5-8)15-6-17/h3-6,11,14H,13H2,1-2H3,(H,15,17)(H,16,19). The van der Waals surface area contributed by atoms with Crippen LogP contribution in [0.4, 0.5) is 17.1 Å². The van der Waals surface area contributed by atoms with Gasteiger partial charge in [0.15, 0.2) is 5.78 Å². The average Bonchev–Trinajstić information content (AvgIpc) is 2.38. The number of amides is 2. The number of anilines is 3. The molecule has 0 aliphatic heterocycles. The normalized spacial score (nSPS) is 11.3. The number of Topliss-reactive ketones (excluding diaryl/α,β-unsaturated/α-hetero) is 1. The Bertz CT molecular complexity index is 502. The van der Waals surface area contributed by atoms with E-state index in [2.05, 4.69) is 16.0 Å². The second kappa shape index (κ2) is 6.50. The van der Waals surface area contributed by atoms with Crippen LogP contribution in [0.15, 0.2) is 18.2 Å². The molecule has 0 bridgehead atoms. The monoisotopic (exact) mass is 264 g/mol. The van der Waals surface area contributed by atoms with Crippen LogP contribution in [0.5, 0.6) is 0 Å². The molecule has 0 radical (unpaired) electrons. The van der Waals surface area contributed by atoms with Gasteiger partial charge in [-0.2, -0.15) is 0 Å². The zero-order chi connectivity index (χ0) is 14.4. The minimum Gasteiger partial charge on any atom is -0.386 e. The maximum absolute atomic E-state index is 11.6. The first-order valence-electron chi connectivity index (χ1n) is 5.58. The molecule has 0 spiro atoms. The molecule has 0 aliphatic carbocycles. The lowest BCUT2D eigenvalue weighted by molar-refractivity contribution is -0.126. The number of nitrogens with one attached hydrogen (secondary N) is 3. The molecule has 0 saturated heterocycles. The Labute approximate surface area is 110 Å². The lowest BCUT2D eigenvalue weighted by Gasteiger charge is -2.13. The van der Waals surface area contributed by atoms with Gasteiger partial charge in [0, 0.05) is 12.7 Å². The largest absolute Gasteiger partial charge is 0.386 e. The Hall–Kier alpha value is -2.41. The van der Waals surface area contributed by atoms with Gasteiger partial charge in [-0.05, 0) is 25.1 Å². The number of benzene rings is 1. The van der Waals surface area contributed by atoms with Crippen LogP contribution < -0.4 is 21.7 Å². The summed E-state index contributed by atoms with van der Waals surface area (Å²) < 4.78 is 0. The van der Waals surface area contributed by atoms with Gasteiger partial charge in [0.25, 0.3) is 0 Å². The quantitative estimate of drug-likeness (QED) is 0.431. The van der Waals surface area contributed by atoms with E-state index < -0.39 is 17.7 Å². The number of hydrogen-bond donors (Lipinski definition) is 4. The first-order chi connectivity index (χ1) is 8.99. The summed E-state index contributed by atoms with van der Waals surface area (Å²) in [6.45, 7) is 1.24. The van der Waals surface area contributed by atoms with Crippen molar-refractivity contribution in [2.45, 2.75) is 13.0 Å². The Morgan fingerprint density at radius 1 is 1.32 bits per heavy atom. The first kappa shape index (κ1) is 14.7. The van der Waals surface area contributed by atoms with Gasteiger partial charge < -0.3 is 21.7 Å². The van der Waals surface area contributed by atoms with Crippen LogP contribution in [0.25, 0.3) is 0 Å². The number of carbonyl (C=O) groups excluding carboxylic acids is 3. The Kier molecular flexibility index (Phi) is 5.01. The van der Waals surface area contributed by atoms with Crippen molar-refractivity contribution < 1.29 is 14.4 Å². The van der Waals surface area contributed by atoms with Gasteiger partial charge in [0.1, 0.15) is 6.04 Å². The lowest BCUT2D eigenvalue weighted by atomic mass is 10.2. The molecule has 0 aliphatic rings. The summed E-state index contributed by atoms with van der Waals surface area (Å²) in [4.78, 5) is 33.1. The van der Waals surface area contributed by atoms with Crippen molar-refractivity contribution in [1.29, 1.82) is 0 Å². The van der Waals surface area contributed by atoms with E-state index in [1.165, 1.54) is 6.92 Å². The van der Waals surface area contributed by atoms with Crippen molar-refractivity contribution in [2.24, 2.45) is 5.73 Å². The van der Waals surface area contributed by atoms with Gasteiger partial charge in [-0.1, -0.05) is 0 Å². The van der Waals surface area contributed by atoms with E-state index in [0.717, 1.165) is 0 Å². The van der Waals surface area contributed by atoms with Gasteiger partial charge in [0.05, 0.1) is 11.4 Å². The highest BCUT2D eigenvalue weighted by Crippen LogP contribution is 2.24. The summed E-state index contributed by atoms with van der Waals surface area (Å²) in [5.74, 6) is -1.02. The predicted molar refractivity (Wildman–Crippen MR) is 73.0 cm³/mol. The maximum Gasteiger partial charge on any atom is 0.248 e. The summed E-state index contributed by atoms with van der Waals surface area (Å²) in [6, 6.07) is 3.67. The third-order valence-corrected chi connectivity index (χ3v) is 2.49. The molecule has 19 heavy (non-hydrogen) atoms. The molecule has 7 nitrogen and oxygen atoms in total. The fourth-order valence-electron chi connectivity index (χ4n) is 1.43. The van der Waals surface area contributed by atoms with Crippen molar-refractivity contribution in [3.05, 3.63) is 18.2 Å². The smallest absolute Gasteiger partial charge is 0.248 e.